The average molecular weight is 292 g/mol. The van der Waals surface area contributed by atoms with E-state index < -0.39 is 0 Å². The van der Waals surface area contributed by atoms with Gasteiger partial charge in [-0.25, -0.2) is 0 Å². The van der Waals surface area contributed by atoms with E-state index in [0.717, 1.165) is 31.5 Å². The molecule has 0 unspecified atom stereocenters. The smallest absolute Gasteiger partial charge is 0.231 e. The summed E-state index contributed by atoms with van der Waals surface area (Å²) in [6, 6.07) is 0. The second-order valence-electron chi connectivity index (χ2n) is 6.97. The van der Waals surface area contributed by atoms with E-state index in [2.05, 4.69) is 50.8 Å². The first-order chi connectivity index (χ1) is 9.89. The predicted molar refractivity (Wildman–Crippen MR) is 88.2 cm³/mol. The average Bonchev–Trinajstić information content (AvgIpc) is 2.46. The number of aromatic nitrogens is 3. The van der Waals surface area contributed by atoms with E-state index in [-0.39, 0.29) is 5.41 Å². The monoisotopic (exact) mass is 292 g/mol. The van der Waals surface area contributed by atoms with Gasteiger partial charge in [-0.05, 0) is 24.7 Å². The van der Waals surface area contributed by atoms with Gasteiger partial charge >= 0.3 is 0 Å². The van der Waals surface area contributed by atoms with Crippen molar-refractivity contribution < 1.29 is 0 Å². The number of rotatable bonds is 4. The number of anilines is 3. The molecule has 1 aromatic rings. The summed E-state index contributed by atoms with van der Waals surface area (Å²) in [6.45, 7) is 9.63. The lowest BCUT2D eigenvalue weighted by molar-refractivity contribution is 0.416. The van der Waals surface area contributed by atoms with Gasteiger partial charge in [0.05, 0.1) is 0 Å². The van der Waals surface area contributed by atoms with Crippen molar-refractivity contribution in [3.8, 4) is 0 Å². The Morgan fingerprint density at radius 1 is 1.10 bits per heavy atom. The molecule has 0 saturated carbocycles. The molecule has 1 N–H and O–H groups in total. The van der Waals surface area contributed by atoms with Crippen LogP contribution in [-0.2, 0) is 0 Å². The predicted octanol–water partition coefficient (Wildman–Crippen LogP) is 2.39. The minimum Gasteiger partial charge on any atom is -0.357 e. The second kappa shape index (κ2) is 6.45. The fourth-order valence-electron chi connectivity index (χ4n) is 2.65. The number of hydrogen-bond acceptors (Lipinski definition) is 6. The molecular weight excluding hydrogens is 264 g/mol. The van der Waals surface area contributed by atoms with Crippen molar-refractivity contribution in [1.29, 1.82) is 0 Å². The highest BCUT2D eigenvalue weighted by Gasteiger charge is 2.20. The number of nitrogens with one attached hydrogen (secondary N) is 1. The van der Waals surface area contributed by atoms with Gasteiger partial charge in [0.1, 0.15) is 0 Å². The quantitative estimate of drug-likeness (QED) is 0.919. The lowest BCUT2D eigenvalue weighted by Crippen LogP contribution is -2.34. The molecule has 0 radical (unpaired) electrons. The Morgan fingerprint density at radius 3 is 2.33 bits per heavy atom. The van der Waals surface area contributed by atoms with Crippen molar-refractivity contribution in [3.05, 3.63) is 0 Å². The number of hydrogen-bond donors (Lipinski definition) is 1. The van der Waals surface area contributed by atoms with E-state index >= 15 is 0 Å². The van der Waals surface area contributed by atoms with E-state index in [9.17, 15) is 0 Å². The first-order valence-corrected chi connectivity index (χ1v) is 7.79. The summed E-state index contributed by atoms with van der Waals surface area (Å²) in [7, 11) is 3.89. The van der Waals surface area contributed by atoms with Crippen LogP contribution in [0.5, 0.6) is 0 Å². The fourth-order valence-corrected chi connectivity index (χ4v) is 2.65. The van der Waals surface area contributed by atoms with Crippen molar-refractivity contribution in [2.45, 2.75) is 40.0 Å². The largest absolute Gasteiger partial charge is 0.357 e. The molecule has 1 aliphatic heterocycles. The van der Waals surface area contributed by atoms with Crippen molar-refractivity contribution in [2.75, 3.05) is 48.8 Å². The van der Waals surface area contributed by atoms with Gasteiger partial charge in [0.25, 0.3) is 0 Å². The molecule has 0 spiro atoms. The fraction of sp³-hybridized carbons (Fsp3) is 0.800. The molecule has 1 saturated heterocycles. The van der Waals surface area contributed by atoms with Crippen LogP contribution in [0.4, 0.5) is 17.8 Å². The summed E-state index contributed by atoms with van der Waals surface area (Å²) in [4.78, 5) is 18.1. The zero-order chi connectivity index (χ0) is 15.5. The maximum atomic E-state index is 4.68. The molecule has 2 heterocycles. The Bertz CT molecular complexity index is 462. The van der Waals surface area contributed by atoms with Gasteiger partial charge in [0, 0.05) is 33.7 Å². The lowest BCUT2D eigenvalue weighted by Gasteiger charge is -2.29. The van der Waals surface area contributed by atoms with Crippen LogP contribution in [0.2, 0.25) is 0 Å². The van der Waals surface area contributed by atoms with Crippen molar-refractivity contribution in [3.63, 3.8) is 0 Å². The zero-order valence-corrected chi connectivity index (χ0v) is 14.0. The lowest BCUT2D eigenvalue weighted by atomic mass is 9.96. The van der Waals surface area contributed by atoms with E-state index in [1.807, 2.05) is 14.1 Å². The Morgan fingerprint density at radius 2 is 1.76 bits per heavy atom. The van der Waals surface area contributed by atoms with Crippen LogP contribution in [0, 0.1) is 5.41 Å². The maximum Gasteiger partial charge on any atom is 0.231 e. The minimum atomic E-state index is 0.201. The summed E-state index contributed by atoms with van der Waals surface area (Å²) < 4.78 is 0. The normalized spacial score (nSPS) is 16.0. The molecule has 118 valence electrons. The molecule has 0 amide bonds. The molecule has 0 bridgehead atoms. The van der Waals surface area contributed by atoms with Crippen molar-refractivity contribution in [1.82, 2.24) is 15.0 Å². The van der Waals surface area contributed by atoms with Gasteiger partial charge in [0.2, 0.25) is 17.8 Å². The third-order valence-corrected chi connectivity index (χ3v) is 3.53. The van der Waals surface area contributed by atoms with Crippen LogP contribution in [0.25, 0.3) is 0 Å². The summed E-state index contributed by atoms with van der Waals surface area (Å²) >= 11 is 0. The maximum absolute atomic E-state index is 4.68. The molecule has 0 atom stereocenters. The molecule has 2 rings (SSSR count). The summed E-state index contributed by atoms with van der Waals surface area (Å²) in [5.41, 5.74) is 0.201. The third-order valence-electron chi connectivity index (χ3n) is 3.53. The molecular formula is C15H28N6. The van der Waals surface area contributed by atoms with E-state index in [0.29, 0.717) is 5.95 Å². The first-order valence-electron chi connectivity index (χ1n) is 7.79. The van der Waals surface area contributed by atoms with Gasteiger partial charge < -0.3 is 15.1 Å². The van der Waals surface area contributed by atoms with Crippen molar-refractivity contribution >= 4 is 17.8 Å². The number of piperidine rings is 1. The molecule has 21 heavy (non-hydrogen) atoms. The summed E-state index contributed by atoms with van der Waals surface area (Å²) in [6.07, 6.45) is 3.73. The van der Waals surface area contributed by atoms with Crippen LogP contribution in [0.1, 0.15) is 40.0 Å². The van der Waals surface area contributed by atoms with Gasteiger partial charge in [0.15, 0.2) is 0 Å². The van der Waals surface area contributed by atoms with Gasteiger partial charge in [-0.1, -0.05) is 20.8 Å². The second-order valence-corrected chi connectivity index (χ2v) is 6.97. The van der Waals surface area contributed by atoms with Gasteiger partial charge in [-0.15, -0.1) is 0 Å². The standard InChI is InChI=1S/C15H28N6/c1-15(2,3)11-20(5)13-17-12(16-4)18-14(19-13)21-9-7-6-8-10-21/h6-11H2,1-5H3,(H,16,17,18,19). The van der Waals surface area contributed by atoms with Gasteiger partial charge in [-0.3, -0.25) is 0 Å². The molecule has 6 heteroatoms. The van der Waals surface area contributed by atoms with Crippen LogP contribution < -0.4 is 15.1 Å². The van der Waals surface area contributed by atoms with E-state index in [1.54, 1.807) is 0 Å². The van der Waals surface area contributed by atoms with Crippen LogP contribution in [0.15, 0.2) is 0 Å². The third kappa shape index (κ3) is 4.44. The zero-order valence-electron chi connectivity index (χ0n) is 14.0. The minimum absolute atomic E-state index is 0.201. The topological polar surface area (TPSA) is 57.2 Å². The summed E-state index contributed by atoms with van der Waals surface area (Å²) in [5.74, 6) is 2.18. The number of nitrogens with zero attached hydrogens (tertiary/aromatic N) is 5. The molecule has 1 aliphatic rings. The Kier molecular flexibility index (Phi) is 4.85. The molecule has 0 aromatic carbocycles. The van der Waals surface area contributed by atoms with Gasteiger partial charge in [-0.2, -0.15) is 15.0 Å². The van der Waals surface area contributed by atoms with Crippen LogP contribution in [-0.4, -0.2) is 48.7 Å². The Hall–Kier alpha value is -1.59. The van der Waals surface area contributed by atoms with E-state index in [1.165, 1.54) is 19.3 Å². The van der Waals surface area contributed by atoms with Crippen molar-refractivity contribution in [2.24, 2.45) is 5.41 Å². The van der Waals surface area contributed by atoms with E-state index in [4.69, 9.17) is 0 Å². The highest BCUT2D eigenvalue weighted by Crippen LogP contribution is 2.22. The molecule has 1 aromatic heterocycles. The SMILES string of the molecule is CNc1nc(N(C)CC(C)(C)C)nc(N2CCCCC2)n1. The Labute approximate surface area is 128 Å². The molecule has 6 nitrogen and oxygen atoms in total. The van der Waals surface area contributed by atoms with Crippen LogP contribution in [0.3, 0.4) is 0 Å². The highest BCUT2D eigenvalue weighted by atomic mass is 15.4. The van der Waals surface area contributed by atoms with Crippen LogP contribution >= 0.6 is 0 Å². The first kappa shape index (κ1) is 15.8. The highest BCUT2D eigenvalue weighted by molar-refractivity contribution is 5.45. The summed E-state index contributed by atoms with van der Waals surface area (Å²) in [5, 5.41) is 3.05. The molecule has 0 aliphatic carbocycles. The Balaban J connectivity index is 2.24. The molecule has 1 fully saturated rings.